The number of hydrogen-bond acceptors (Lipinski definition) is 2. The SMILES string of the molecule is C[C@@H]1NC(C)(C)[C@@H](C)NC1(C)C. The molecule has 0 aliphatic carbocycles. The molecule has 0 bridgehead atoms. The first-order valence-electron chi connectivity index (χ1n) is 4.81. The van der Waals surface area contributed by atoms with Gasteiger partial charge in [0.15, 0.2) is 0 Å². The summed E-state index contributed by atoms with van der Waals surface area (Å²) in [5.74, 6) is 0. The van der Waals surface area contributed by atoms with Crippen molar-refractivity contribution in [3.05, 3.63) is 0 Å². The first-order valence-corrected chi connectivity index (χ1v) is 4.81. The molecule has 1 aliphatic rings. The molecular formula is C10H22N2. The molecule has 2 N–H and O–H groups in total. The van der Waals surface area contributed by atoms with Gasteiger partial charge in [-0.25, -0.2) is 0 Å². The number of rotatable bonds is 0. The standard InChI is InChI=1S/C10H22N2/c1-7-9(3,4)12-8(2)10(5,6)11-7/h7-8,11-12H,1-6H3/t7-,8+. The van der Waals surface area contributed by atoms with E-state index in [1.54, 1.807) is 0 Å². The summed E-state index contributed by atoms with van der Waals surface area (Å²) in [5, 5.41) is 7.27. The van der Waals surface area contributed by atoms with Crippen molar-refractivity contribution in [2.24, 2.45) is 0 Å². The fourth-order valence-corrected chi connectivity index (χ4v) is 1.73. The molecule has 0 unspecified atom stereocenters. The Kier molecular flexibility index (Phi) is 2.26. The number of piperazine rings is 1. The first kappa shape index (κ1) is 10.0. The van der Waals surface area contributed by atoms with Gasteiger partial charge in [0.1, 0.15) is 0 Å². The minimum absolute atomic E-state index is 0.203. The number of nitrogens with one attached hydrogen (secondary N) is 2. The Labute approximate surface area is 76.1 Å². The quantitative estimate of drug-likeness (QED) is 0.576. The highest BCUT2D eigenvalue weighted by molar-refractivity contribution is 5.04. The van der Waals surface area contributed by atoms with E-state index in [1.807, 2.05) is 0 Å². The maximum Gasteiger partial charge on any atom is 0.0278 e. The number of hydrogen-bond donors (Lipinski definition) is 2. The third-order valence-electron chi connectivity index (χ3n) is 3.34. The second-order valence-corrected chi connectivity index (χ2v) is 5.18. The zero-order chi connectivity index (χ0) is 9.57. The Hall–Kier alpha value is -0.0800. The van der Waals surface area contributed by atoms with E-state index in [2.05, 4.69) is 52.2 Å². The highest BCUT2D eigenvalue weighted by Gasteiger charge is 2.40. The van der Waals surface area contributed by atoms with Gasteiger partial charge >= 0.3 is 0 Å². The highest BCUT2D eigenvalue weighted by atomic mass is 15.2. The van der Waals surface area contributed by atoms with Gasteiger partial charge < -0.3 is 10.6 Å². The van der Waals surface area contributed by atoms with E-state index in [9.17, 15) is 0 Å². The van der Waals surface area contributed by atoms with Crippen LogP contribution in [0.5, 0.6) is 0 Å². The third kappa shape index (κ3) is 1.64. The largest absolute Gasteiger partial charge is 0.306 e. The molecule has 0 amide bonds. The topological polar surface area (TPSA) is 24.1 Å². The predicted octanol–water partition coefficient (Wildman–Crippen LogP) is 1.51. The van der Waals surface area contributed by atoms with Crippen molar-refractivity contribution in [1.29, 1.82) is 0 Å². The van der Waals surface area contributed by atoms with Crippen LogP contribution < -0.4 is 10.6 Å². The van der Waals surface area contributed by atoms with Gasteiger partial charge in [-0.15, -0.1) is 0 Å². The van der Waals surface area contributed by atoms with Crippen molar-refractivity contribution < 1.29 is 0 Å². The molecule has 1 aliphatic heterocycles. The van der Waals surface area contributed by atoms with Gasteiger partial charge in [0.05, 0.1) is 0 Å². The molecule has 2 heteroatoms. The zero-order valence-electron chi connectivity index (χ0n) is 9.15. The summed E-state index contributed by atoms with van der Waals surface area (Å²) in [6, 6.07) is 1.03. The summed E-state index contributed by atoms with van der Waals surface area (Å²) in [5.41, 5.74) is 0.407. The maximum atomic E-state index is 3.63. The van der Waals surface area contributed by atoms with Gasteiger partial charge in [-0.2, -0.15) is 0 Å². The molecule has 1 fully saturated rings. The van der Waals surface area contributed by atoms with Crippen LogP contribution in [0.4, 0.5) is 0 Å². The van der Waals surface area contributed by atoms with Crippen LogP contribution >= 0.6 is 0 Å². The molecule has 0 radical (unpaired) electrons. The lowest BCUT2D eigenvalue weighted by Crippen LogP contribution is -2.73. The van der Waals surface area contributed by atoms with Crippen molar-refractivity contribution in [3.8, 4) is 0 Å². The van der Waals surface area contributed by atoms with E-state index in [0.29, 0.717) is 12.1 Å². The molecular weight excluding hydrogens is 148 g/mol. The maximum absolute atomic E-state index is 3.63. The highest BCUT2D eigenvalue weighted by Crippen LogP contribution is 2.23. The van der Waals surface area contributed by atoms with Gasteiger partial charge in [-0.05, 0) is 41.5 Å². The van der Waals surface area contributed by atoms with Crippen molar-refractivity contribution in [2.45, 2.75) is 64.7 Å². The van der Waals surface area contributed by atoms with Crippen LogP contribution in [0.25, 0.3) is 0 Å². The molecule has 0 saturated carbocycles. The Morgan fingerprint density at radius 2 is 1.00 bits per heavy atom. The monoisotopic (exact) mass is 170 g/mol. The van der Waals surface area contributed by atoms with Gasteiger partial charge in [0, 0.05) is 23.2 Å². The summed E-state index contributed by atoms with van der Waals surface area (Å²) in [6.07, 6.45) is 0. The fraction of sp³-hybridized carbons (Fsp3) is 1.00. The lowest BCUT2D eigenvalue weighted by atomic mass is 9.83. The van der Waals surface area contributed by atoms with Crippen LogP contribution in [0, 0.1) is 0 Å². The molecule has 1 rings (SSSR count). The van der Waals surface area contributed by atoms with Gasteiger partial charge in [-0.1, -0.05) is 0 Å². The lowest BCUT2D eigenvalue weighted by Gasteiger charge is -2.51. The minimum Gasteiger partial charge on any atom is -0.306 e. The summed E-state index contributed by atoms with van der Waals surface area (Å²) < 4.78 is 0. The normalized spacial score (nSPS) is 39.5. The Morgan fingerprint density at radius 3 is 1.25 bits per heavy atom. The predicted molar refractivity (Wildman–Crippen MR) is 53.4 cm³/mol. The zero-order valence-corrected chi connectivity index (χ0v) is 9.15. The molecule has 2 atom stereocenters. The van der Waals surface area contributed by atoms with Crippen molar-refractivity contribution in [2.75, 3.05) is 0 Å². The minimum atomic E-state index is 0.203. The van der Waals surface area contributed by atoms with E-state index in [0.717, 1.165) is 0 Å². The van der Waals surface area contributed by atoms with Gasteiger partial charge in [0.25, 0.3) is 0 Å². The summed E-state index contributed by atoms with van der Waals surface area (Å²) >= 11 is 0. The van der Waals surface area contributed by atoms with E-state index in [4.69, 9.17) is 0 Å². The Morgan fingerprint density at radius 1 is 0.750 bits per heavy atom. The molecule has 1 heterocycles. The fourth-order valence-electron chi connectivity index (χ4n) is 1.73. The third-order valence-corrected chi connectivity index (χ3v) is 3.34. The van der Waals surface area contributed by atoms with Crippen molar-refractivity contribution in [3.63, 3.8) is 0 Å². The van der Waals surface area contributed by atoms with Crippen LogP contribution in [0.1, 0.15) is 41.5 Å². The van der Waals surface area contributed by atoms with Crippen LogP contribution in [0.3, 0.4) is 0 Å². The van der Waals surface area contributed by atoms with Crippen LogP contribution in [-0.4, -0.2) is 23.2 Å². The molecule has 12 heavy (non-hydrogen) atoms. The van der Waals surface area contributed by atoms with E-state index >= 15 is 0 Å². The smallest absolute Gasteiger partial charge is 0.0278 e. The summed E-state index contributed by atoms with van der Waals surface area (Å²) in [4.78, 5) is 0. The van der Waals surface area contributed by atoms with Crippen LogP contribution in [0.2, 0.25) is 0 Å². The van der Waals surface area contributed by atoms with E-state index in [1.165, 1.54) is 0 Å². The average Bonchev–Trinajstić information content (AvgIpc) is 1.82. The molecule has 0 aromatic carbocycles. The second kappa shape index (κ2) is 2.71. The van der Waals surface area contributed by atoms with Crippen molar-refractivity contribution >= 4 is 0 Å². The first-order chi connectivity index (χ1) is 5.26. The Balaban J connectivity index is 2.76. The molecule has 2 nitrogen and oxygen atoms in total. The van der Waals surface area contributed by atoms with Crippen LogP contribution in [-0.2, 0) is 0 Å². The molecule has 0 aromatic rings. The molecule has 0 aromatic heterocycles. The summed E-state index contributed by atoms with van der Waals surface area (Å²) in [7, 11) is 0. The molecule has 0 spiro atoms. The van der Waals surface area contributed by atoms with Gasteiger partial charge in [-0.3, -0.25) is 0 Å². The lowest BCUT2D eigenvalue weighted by molar-refractivity contribution is 0.117. The summed E-state index contributed by atoms with van der Waals surface area (Å²) in [6.45, 7) is 13.5. The van der Waals surface area contributed by atoms with E-state index < -0.39 is 0 Å². The van der Waals surface area contributed by atoms with E-state index in [-0.39, 0.29) is 11.1 Å². The average molecular weight is 170 g/mol. The molecule has 1 saturated heterocycles. The second-order valence-electron chi connectivity index (χ2n) is 5.18. The molecule has 72 valence electrons. The Bertz CT molecular complexity index is 153. The van der Waals surface area contributed by atoms with Crippen LogP contribution in [0.15, 0.2) is 0 Å². The van der Waals surface area contributed by atoms with Gasteiger partial charge in [0.2, 0.25) is 0 Å². The van der Waals surface area contributed by atoms with Crippen molar-refractivity contribution in [1.82, 2.24) is 10.6 Å².